The van der Waals surface area contributed by atoms with Gasteiger partial charge in [0.05, 0.1) is 106 Å². The zero-order valence-electron chi connectivity index (χ0n) is 69.8. The molecule has 2 saturated heterocycles. The highest BCUT2D eigenvalue weighted by atomic mass is 79.9. The first-order valence-corrected chi connectivity index (χ1v) is 43.1. The predicted octanol–water partition coefficient (Wildman–Crippen LogP) is 18.0. The Balaban J connectivity index is 0.000000363. The summed E-state index contributed by atoms with van der Waals surface area (Å²) in [6.45, 7) is 19.1. The smallest absolute Gasteiger partial charge is 0.194 e. The van der Waals surface area contributed by atoms with Gasteiger partial charge in [-0.2, -0.15) is 0 Å². The van der Waals surface area contributed by atoms with E-state index in [1.54, 1.807) is 52.8 Å². The Kier molecular flexibility index (Phi) is 55.3. The van der Waals surface area contributed by atoms with Gasteiger partial charge in [0, 0.05) is 83.1 Å². The number of aryl methyl sites for hydroxylation is 3. The second-order valence-electron chi connectivity index (χ2n) is 27.3. The quantitative estimate of drug-likeness (QED) is 0.00832. The maximum absolute atomic E-state index is 12.2. The number of halogens is 12. The van der Waals surface area contributed by atoms with Crippen LogP contribution in [0.3, 0.4) is 0 Å². The van der Waals surface area contributed by atoms with E-state index < -0.39 is 26.7 Å². The first-order chi connectivity index (χ1) is 57.6. The Morgan fingerprint density at radius 2 is 0.800 bits per heavy atom. The molecule has 0 radical (unpaired) electrons. The van der Waals surface area contributed by atoms with Gasteiger partial charge in [0.25, 0.3) is 0 Å². The predicted molar refractivity (Wildman–Crippen MR) is 497 cm³/mol. The van der Waals surface area contributed by atoms with E-state index in [4.69, 9.17) is 58.8 Å². The fourth-order valence-electron chi connectivity index (χ4n) is 10.7. The van der Waals surface area contributed by atoms with E-state index in [2.05, 4.69) is 155 Å². The lowest BCUT2D eigenvalue weighted by Crippen LogP contribution is -2.49. The van der Waals surface area contributed by atoms with E-state index in [1.165, 1.54) is 5.56 Å². The van der Waals surface area contributed by atoms with Crippen LogP contribution in [0.1, 0.15) is 116 Å². The molecular weight excluding hydrogens is 1880 g/mol. The summed E-state index contributed by atoms with van der Waals surface area (Å²) in [4.78, 5) is 33.7. The normalized spacial score (nSPS) is 13.2. The molecule has 33 heteroatoms. The summed E-state index contributed by atoms with van der Waals surface area (Å²) < 4.78 is 110. The molecule has 0 saturated carbocycles. The molecule has 13 N–H and O–H groups in total. The molecule has 2 aliphatic heterocycles. The van der Waals surface area contributed by atoms with Gasteiger partial charge in [0.15, 0.2) is 23.4 Å². The zero-order chi connectivity index (χ0) is 88.6. The molecule has 7 aromatic rings. The number of nitrogens with zero attached hydrogens (tertiary/aromatic N) is 10. The second-order valence-corrected chi connectivity index (χ2v) is 31.6. The van der Waals surface area contributed by atoms with E-state index in [-0.39, 0.29) is 46.5 Å². The third-order valence-electron chi connectivity index (χ3n) is 17.0. The van der Waals surface area contributed by atoms with Gasteiger partial charge >= 0.3 is 0 Å². The lowest BCUT2D eigenvalue weighted by atomic mass is 10.1. The third kappa shape index (κ3) is 46.1. The number of amidine groups is 5. The van der Waals surface area contributed by atoms with Gasteiger partial charge in [0.1, 0.15) is 52.3 Å². The Morgan fingerprint density at radius 1 is 0.392 bits per heavy atom. The van der Waals surface area contributed by atoms with Crippen LogP contribution in [0.5, 0.6) is 17.2 Å². The van der Waals surface area contributed by atoms with E-state index in [0.717, 1.165) is 143 Å². The second kappa shape index (κ2) is 62.7. The van der Waals surface area contributed by atoms with Crippen molar-refractivity contribution in [2.75, 3.05) is 126 Å². The average molecular weight is 2000 g/mol. The minimum atomic E-state index is -0.604. The van der Waals surface area contributed by atoms with Crippen LogP contribution in [0, 0.1) is 5.41 Å². The molecule has 0 atom stereocenters. The van der Waals surface area contributed by atoms with Crippen molar-refractivity contribution in [3.05, 3.63) is 223 Å². The van der Waals surface area contributed by atoms with Crippen molar-refractivity contribution in [1.29, 1.82) is 5.41 Å². The van der Waals surface area contributed by atoms with Crippen molar-refractivity contribution in [2.45, 2.75) is 126 Å². The summed E-state index contributed by atoms with van der Waals surface area (Å²) >= 11 is 17.2. The molecule has 0 aliphatic carbocycles. The topological polar surface area (TPSA) is 304 Å². The molecule has 120 heavy (non-hydrogen) atoms. The summed E-state index contributed by atoms with van der Waals surface area (Å²) in [5.74, 6) is 5.44. The van der Waals surface area contributed by atoms with Crippen LogP contribution < -0.4 is 48.6 Å². The summed E-state index contributed by atoms with van der Waals surface area (Å²) in [6.07, 6.45) is 3.36. The highest BCUT2D eigenvalue weighted by molar-refractivity contribution is 9.11. The molecule has 2 aliphatic rings. The number of likely N-dealkylation sites (N-methyl/N-ethyl adjacent to an activating group) is 1. The van der Waals surface area contributed by atoms with Gasteiger partial charge in [0.2, 0.25) is 0 Å². The molecule has 2 fully saturated rings. The van der Waals surface area contributed by atoms with E-state index in [1.807, 2.05) is 109 Å². The largest absolute Gasteiger partial charge is 0.490 e. The Bertz CT molecular complexity index is 4280. The minimum Gasteiger partial charge on any atom is -0.490 e. The lowest BCUT2D eigenvalue weighted by molar-refractivity contribution is 0.106. The van der Waals surface area contributed by atoms with Gasteiger partial charge in [-0.25, -0.2) is 22.6 Å². The van der Waals surface area contributed by atoms with Gasteiger partial charge in [-0.05, 0) is 193 Å². The molecule has 21 nitrogen and oxygen atoms in total. The molecule has 0 spiro atoms. The number of rotatable bonds is 36. The molecule has 7 aromatic carbocycles. The summed E-state index contributed by atoms with van der Waals surface area (Å²) in [5.41, 5.74) is 44.9. The van der Waals surface area contributed by atoms with E-state index in [0.29, 0.717) is 123 Å². The van der Waals surface area contributed by atoms with Crippen molar-refractivity contribution < 1.29 is 49.7 Å². The number of nitrogens with one attached hydrogen (secondary N) is 1. The monoisotopic (exact) mass is 1990 g/mol. The number of hydrogen-bond donors (Lipinski definition) is 7. The highest BCUT2D eigenvalue weighted by Gasteiger charge is 2.24. The molecule has 9 rings (SSSR count). The van der Waals surface area contributed by atoms with Crippen LogP contribution in [-0.2, 0) is 76.4 Å². The van der Waals surface area contributed by atoms with Crippen molar-refractivity contribution in [3.8, 4) is 17.2 Å². The van der Waals surface area contributed by atoms with Gasteiger partial charge in [-0.1, -0.05) is 156 Å². The first-order valence-electron chi connectivity index (χ1n) is 39.2. The molecule has 2 heterocycles. The Hall–Kier alpha value is -8.34. The number of hydrogen-bond acceptors (Lipinski definition) is 12. The van der Waals surface area contributed by atoms with Crippen LogP contribution in [0.25, 0.3) is 0 Å². The number of piperazine rings is 1. The molecule has 0 unspecified atom stereocenters. The SMILES string of the molecule is CC(N)=NCc1ccc(CCCF)c(Br)c1.CC(N)=NCc1ccc(CCF)c(Br)c1.CC(N)=NCc1ccc(CCF)cc1.CC(N)=NCc1ccc(COCCF)c(Br)c1.CC(N)=NCc1ccc(OCCF)c(OCCF)c1.CCCN1CCN(Cc2cccc(Br)c2)C1=N.CN1CCN(C(N)=NCc2ccc(OCCF)c(Br)c2)CC1. The number of alkyl halides is 7. The van der Waals surface area contributed by atoms with E-state index in [9.17, 15) is 30.7 Å². The molecule has 0 aromatic heterocycles. The number of guanidine groups is 2. The summed E-state index contributed by atoms with van der Waals surface area (Å²) in [6, 6.07) is 44.6. The van der Waals surface area contributed by atoms with Gasteiger partial charge in [-0.3, -0.25) is 43.5 Å². The summed E-state index contributed by atoms with van der Waals surface area (Å²) in [5, 5.41) is 8.11. The van der Waals surface area contributed by atoms with Gasteiger partial charge in [-0.15, -0.1) is 0 Å². The van der Waals surface area contributed by atoms with Crippen molar-refractivity contribution in [3.63, 3.8) is 0 Å². The molecule has 0 amide bonds. The first kappa shape index (κ1) is 106. The fourth-order valence-corrected chi connectivity index (χ4v) is 13.5. The fraction of sp³-hybridized carbons (Fsp3) is 0.437. The standard InChI is InChI=1S/C15H22BrFN4O.C13H18BrN3.C13H18F2N2O2.C12H16BrFN2O.C12H16BrFN2.C11H14BrFN2.C11H15FN2/c1-20-5-7-21(8-6-20)15(18)19-11-12-2-3-14(13(16)10-12)22-9-4-17;1-2-6-16-7-8-17(13(16)15)10-11-4-3-5-12(14)9-11;1-10(16)17-9-11-2-3-12(18-6-4-14)13(8-11)19-7-5-15;1-9(15)16-7-10-2-3-11(12(13)6-10)8-17-5-4-14;1-9(15)16-8-10-4-5-11(3-2-6-14)12(13)7-10;1-8(14)15-7-9-2-3-10(4-5-13)11(12)6-9;1-9(13)14-8-11-4-2-10(3-5-11)6-7-12/h2-3,10H,4-9,11H2,1H3,(H2,18,19);3-5,9,15H,2,6-8,10H2,1H3;2-3,8H,4-7,9H2,1H3,(H2,16,17);2-3,6H,4-5,7-8H2,1H3,(H2,15,16);4-5,7H,2-3,6,8H2,1H3,(H2,15,16);2-3,6H,4-5,7H2,1H3,(H2,14,15);2-5H,6-8H2,1H3,(H2,13,14). The average Bonchev–Trinajstić information content (AvgIpc) is 1.70. The van der Waals surface area contributed by atoms with Crippen molar-refractivity contribution in [1.82, 2.24) is 19.6 Å². The van der Waals surface area contributed by atoms with Crippen LogP contribution in [-0.4, -0.2) is 187 Å². The maximum atomic E-state index is 12.2. The summed E-state index contributed by atoms with van der Waals surface area (Å²) in [7, 11) is 2.11. The number of aliphatic imine (C=N–C) groups is 6. The number of ether oxygens (including phenoxy) is 4. The van der Waals surface area contributed by atoms with Crippen molar-refractivity contribution >= 4 is 121 Å². The molecule has 0 bridgehead atoms. The Morgan fingerprint density at radius 3 is 1.25 bits per heavy atom. The van der Waals surface area contributed by atoms with Crippen molar-refractivity contribution in [2.24, 2.45) is 64.4 Å². The van der Waals surface area contributed by atoms with Crippen LogP contribution in [0.15, 0.2) is 192 Å². The highest BCUT2D eigenvalue weighted by Crippen LogP contribution is 2.30. The van der Waals surface area contributed by atoms with Crippen LogP contribution in [0.4, 0.5) is 30.7 Å². The van der Waals surface area contributed by atoms with Gasteiger partial charge < -0.3 is 72.9 Å². The Labute approximate surface area is 746 Å². The minimum absolute atomic E-state index is 0.0620. The third-order valence-corrected chi connectivity index (χ3v) is 20.3. The lowest BCUT2D eigenvalue weighted by Gasteiger charge is -2.33. The zero-order valence-corrected chi connectivity index (χ0v) is 77.7. The maximum Gasteiger partial charge on any atom is 0.194 e. The number of benzene rings is 7. The van der Waals surface area contributed by atoms with Crippen LogP contribution in [0.2, 0.25) is 0 Å². The molecule has 660 valence electrons. The molecular formula is C87H119Br5F7N17O4. The number of nitrogens with two attached hydrogens (primary N) is 6. The van der Waals surface area contributed by atoms with Crippen LogP contribution >= 0.6 is 79.6 Å². The van der Waals surface area contributed by atoms with E-state index >= 15 is 0 Å².